The number of amides is 1. The smallest absolute Gasteiger partial charge is 0.220 e. The van der Waals surface area contributed by atoms with Crippen LogP contribution >= 0.6 is 0 Å². The molecule has 3 nitrogen and oxygen atoms in total. The van der Waals surface area contributed by atoms with Gasteiger partial charge in [-0.25, -0.2) is 0 Å². The van der Waals surface area contributed by atoms with E-state index in [1.54, 1.807) is 11.1 Å². The molecule has 5 rings (SSSR count). The molecule has 1 N–H and O–H groups in total. The van der Waals surface area contributed by atoms with Gasteiger partial charge >= 0.3 is 0 Å². The Balaban J connectivity index is 1.35. The predicted octanol–water partition coefficient (Wildman–Crippen LogP) is 6.32. The highest BCUT2D eigenvalue weighted by Crippen LogP contribution is 2.66. The Kier molecular flexibility index (Phi) is 5.35. The Morgan fingerprint density at radius 2 is 1.97 bits per heavy atom. The Morgan fingerprint density at radius 1 is 1.13 bits per heavy atom. The number of hydrogen-bond donors (Lipinski definition) is 1. The van der Waals surface area contributed by atoms with Crippen LogP contribution in [0, 0.1) is 28.6 Å². The van der Waals surface area contributed by atoms with Crippen molar-refractivity contribution >= 4 is 11.5 Å². The van der Waals surface area contributed by atoms with Crippen molar-refractivity contribution in [2.75, 3.05) is 0 Å². The first-order valence-electron chi connectivity index (χ1n) is 12.6. The second kappa shape index (κ2) is 7.90. The van der Waals surface area contributed by atoms with E-state index in [1.165, 1.54) is 37.7 Å². The summed E-state index contributed by atoms with van der Waals surface area (Å²) in [4.78, 5) is 16.5. The second-order valence-corrected chi connectivity index (χ2v) is 11.1. The van der Waals surface area contributed by atoms with Crippen LogP contribution < -0.4 is 5.32 Å². The largest absolute Gasteiger partial charge is 0.353 e. The van der Waals surface area contributed by atoms with Crippen molar-refractivity contribution in [2.24, 2.45) is 28.6 Å². The normalized spacial score (nSPS) is 38.9. The summed E-state index contributed by atoms with van der Waals surface area (Å²) in [6, 6.07) is 4.66. The van der Waals surface area contributed by atoms with Crippen LogP contribution in [0.5, 0.6) is 0 Å². The van der Waals surface area contributed by atoms with Gasteiger partial charge in [0.15, 0.2) is 0 Å². The number of carbonyl (C=O) groups is 1. The lowest BCUT2D eigenvalue weighted by Gasteiger charge is -2.58. The van der Waals surface area contributed by atoms with E-state index < -0.39 is 0 Å². The van der Waals surface area contributed by atoms with Gasteiger partial charge in [0.25, 0.3) is 0 Å². The van der Waals surface area contributed by atoms with Gasteiger partial charge in [-0.1, -0.05) is 44.6 Å². The Hall–Kier alpha value is -1.90. The molecule has 0 unspecified atom stereocenters. The summed E-state index contributed by atoms with van der Waals surface area (Å²) in [6.45, 7) is 7.16. The van der Waals surface area contributed by atoms with Crippen molar-refractivity contribution in [1.82, 2.24) is 10.3 Å². The van der Waals surface area contributed by atoms with Crippen LogP contribution in [0.2, 0.25) is 0 Å². The van der Waals surface area contributed by atoms with Crippen LogP contribution in [-0.4, -0.2) is 16.9 Å². The SMILES string of the molecule is CCCC(=O)N[C@@H]1CC[C@@]2(C)C(=CC[C@@H]3[C@@H]2CC[C@]2(C)C(c4cccnc4)=CC[C@@H]32)C1. The molecule has 31 heavy (non-hydrogen) atoms. The van der Waals surface area contributed by atoms with Crippen molar-refractivity contribution in [1.29, 1.82) is 0 Å². The average molecular weight is 419 g/mol. The van der Waals surface area contributed by atoms with E-state index in [0.29, 0.717) is 17.9 Å². The molecule has 166 valence electrons. The first kappa shape index (κ1) is 21.0. The van der Waals surface area contributed by atoms with Gasteiger partial charge in [-0.3, -0.25) is 9.78 Å². The maximum absolute atomic E-state index is 12.1. The molecule has 0 bridgehead atoms. The summed E-state index contributed by atoms with van der Waals surface area (Å²) >= 11 is 0. The van der Waals surface area contributed by atoms with Gasteiger partial charge in [0, 0.05) is 24.9 Å². The highest BCUT2D eigenvalue weighted by Gasteiger charge is 2.56. The van der Waals surface area contributed by atoms with Gasteiger partial charge in [-0.15, -0.1) is 0 Å². The molecule has 0 spiro atoms. The van der Waals surface area contributed by atoms with Crippen molar-refractivity contribution in [3.05, 3.63) is 47.8 Å². The van der Waals surface area contributed by atoms with Crippen LogP contribution in [0.15, 0.2) is 42.3 Å². The number of aromatic nitrogens is 1. The van der Waals surface area contributed by atoms with Gasteiger partial charge in [0.05, 0.1) is 0 Å². The zero-order chi connectivity index (χ0) is 21.6. The first-order chi connectivity index (χ1) is 15.0. The Bertz CT molecular complexity index is 903. The number of carbonyl (C=O) groups excluding carboxylic acids is 1. The number of fused-ring (bicyclic) bond motifs is 5. The average Bonchev–Trinajstić information content (AvgIpc) is 3.12. The Morgan fingerprint density at radius 3 is 2.74 bits per heavy atom. The Labute approximate surface area is 187 Å². The third kappa shape index (κ3) is 3.39. The van der Waals surface area contributed by atoms with E-state index in [-0.39, 0.29) is 11.3 Å². The van der Waals surface area contributed by atoms with E-state index in [4.69, 9.17) is 0 Å². The fourth-order valence-electron chi connectivity index (χ4n) is 7.85. The molecule has 0 radical (unpaired) electrons. The van der Waals surface area contributed by atoms with Crippen molar-refractivity contribution in [2.45, 2.75) is 84.6 Å². The maximum Gasteiger partial charge on any atom is 0.220 e. The van der Waals surface area contributed by atoms with Gasteiger partial charge < -0.3 is 5.32 Å². The minimum absolute atomic E-state index is 0.235. The molecule has 1 amide bonds. The predicted molar refractivity (Wildman–Crippen MR) is 126 cm³/mol. The molecule has 1 aromatic rings. The minimum Gasteiger partial charge on any atom is -0.353 e. The molecule has 2 fully saturated rings. The van der Waals surface area contributed by atoms with Gasteiger partial charge in [-0.2, -0.15) is 0 Å². The monoisotopic (exact) mass is 418 g/mol. The number of nitrogens with zero attached hydrogens (tertiary/aromatic N) is 1. The molecule has 4 aliphatic rings. The van der Waals surface area contributed by atoms with E-state index in [2.05, 4.69) is 61.6 Å². The minimum atomic E-state index is 0.235. The number of rotatable bonds is 4. The number of pyridine rings is 1. The summed E-state index contributed by atoms with van der Waals surface area (Å²) in [5, 5.41) is 3.32. The van der Waals surface area contributed by atoms with E-state index >= 15 is 0 Å². The van der Waals surface area contributed by atoms with Crippen LogP contribution in [0.1, 0.15) is 84.1 Å². The fourth-order valence-corrected chi connectivity index (χ4v) is 7.85. The zero-order valence-corrected chi connectivity index (χ0v) is 19.5. The molecule has 0 aliphatic heterocycles. The topological polar surface area (TPSA) is 42.0 Å². The van der Waals surface area contributed by atoms with Gasteiger partial charge in [-0.05, 0) is 97.2 Å². The summed E-state index contributed by atoms with van der Waals surface area (Å²) in [7, 11) is 0. The summed E-state index contributed by atoms with van der Waals surface area (Å²) in [6.07, 6.45) is 19.1. The summed E-state index contributed by atoms with van der Waals surface area (Å²) in [5.74, 6) is 2.56. The lowest BCUT2D eigenvalue weighted by Crippen LogP contribution is -2.51. The molecule has 4 aliphatic carbocycles. The number of hydrogen-bond acceptors (Lipinski definition) is 2. The molecular weight excluding hydrogens is 380 g/mol. The number of nitrogens with one attached hydrogen (secondary N) is 1. The number of allylic oxidation sites excluding steroid dienone is 3. The van der Waals surface area contributed by atoms with E-state index in [9.17, 15) is 4.79 Å². The highest BCUT2D eigenvalue weighted by atomic mass is 16.1. The van der Waals surface area contributed by atoms with Crippen LogP contribution in [0.25, 0.3) is 5.57 Å². The lowest BCUT2D eigenvalue weighted by atomic mass is 9.47. The summed E-state index contributed by atoms with van der Waals surface area (Å²) in [5.41, 5.74) is 5.13. The molecule has 6 atom stereocenters. The fraction of sp³-hybridized carbons (Fsp3) is 0.643. The molecule has 1 aromatic heterocycles. The van der Waals surface area contributed by atoms with Gasteiger partial charge in [0.2, 0.25) is 5.91 Å². The second-order valence-electron chi connectivity index (χ2n) is 11.1. The van der Waals surface area contributed by atoms with Crippen molar-refractivity contribution in [3.63, 3.8) is 0 Å². The quantitative estimate of drug-likeness (QED) is 0.581. The summed E-state index contributed by atoms with van der Waals surface area (Å²) < 4.78 is 0. The molecular formula is C28H38N2O. The van der Waals surface area contributed by atoms with Crippen molar-refractivity contribution < 1.29 is 4.79 Å². The van der Waals surface area contributed by atoms with Crippen LogP contribution in [-0.2, 0) is 4.79 Å². The third-order valence-corrected chi connectivity index (χ3v) is 9.50. The van der Waals surface area contributed by atoms with Crippen LogP contribution in [0.4, 0.5) is 0 Å². The van der Waals surface area contributed by atoms with E-state index in [0.717, 1.165) is 37.0 Å². The molecule has 1 heterocycles. The standard InChI is InChI=1S/C28H38N2O/c1-4-6-26(31)30-21-12-14-27(2)20(17-21)8-9-22-24-11-10-23(19-7-5-16-29-18-19)28(24,3)15-13-25(22)27/h5,7-8,10,16,18,21-22,24-25H,4,6,9,11-15,17H2,1-3H3,(H,30,31)/t21-,22+,24+,25+,27+,28-/m1/s1. The molecule has 2 saturated carbocycles. The third-order valence-electron chi connectivity index (χ3n) is 9.50. The highest BCUT2D eigenvalue weighted by molar-refractivity contribution is 5.76. The molecule has 3 heteroatoms. The van der Waals surface area contributed by atoms with Gasteiger partial charge in [0.1, 0.15) is 0 Å². The maximum atomic E-state index is 12.1. The van der Waals surface area contributed by atoms with E-state index in [1.807, 2.05) is 6.20 Å². The molecule has 0 saturated heterocycles. The van der Waals surface area contributed by atoms with Crippen LogP contribution in [0.3, 0.4) is 0 Å². The lowest BCUT2D eigenvalue weighted by molar-refractivity contribution is -0.122. The zero-order valence-electron chi connectivity index (χ0n) is 19.5. The molecule has 0 aromatic carbocycles. The first-order valence-corrected chi connectivity index (χ1v) is 12.6. The van der Waals surface area contributed by atoms with Crippen molar-refractivity contribution in [3.8, 4) is 0 Å².